The number of Topliss-reactive ketones (excluding diaryl/α,β-unsaturated/α-hetero) is 1. The molecule has 2 aliphatic rings. The first-order chi connectivity index (χ1) is 14.0. The molecule has 2 heterocycles. The van der Waals surface area contributed by atoms with Gasteiger partial charge in [0.2, 0.25) is 0 Å². The standard InChI is InChI=1S/C22H22FN5O.ClH/c1-27-7-9-28(10-8-27)14-5-6-16-17(12-14)26-22(25-16)20-18(29)11-13-3-2-4-15(23)19(13)21(20)24;/h2-6,12H,7-11,24H2,1H3,(H,25,26);1H. The molecular weight excluding hydrogens is 405 g/mol. The van der Waals surface area contributed by atoms with E-state index in [0.29, 0.717) is 17.0 Å². The first kappa shape index (κ1) is 20.4. The van der Waals surface area contributed by atoms with Crippen LogP contribution in [-0.2, 0) is 11.2 Å². The molecule has 5 rings (SSSR count). The maximum Gasteiger partial charge on any atom is 0.173 e. The number of nitrogens with zero attached hydrogens (tertiary/aromatic N) is 3. The molecule has 1 saturated heterocycles. The second-order valence-electron chi connectivity index (χ2n) is 7.74. The van der Waals surface area contributed by atoms with Crippen LogP contribution in [0.3, 0.4) is 0 Å². The van der Waals surface area contributed by atoms with Crippen molar-refractivity contribution in [3.8, 4) is 0 Å². The summed E-state index contributed by atoms with van der Waals surface area (Å²) in [7, 11) is 2.13. The highest BCUT2D eigenvalue weighted by Gasteiger charge is 2.29. The molecule has 6 nitrogen and oxygen atoms in total. The summed E-state index contributed by atoms with van der Waals surface area (Å²) in [6.45, 7) is 3.98. The van der Waals surface area contributed by atoms with E-state index >= 15 is 0 Å². The lowest BCUT2D eigenvalue weighted by Crippen LogP contribution is -2.44. The molecule has 0 atom stereocenters. The molecule has 0 bridgehead atoms. The van der Waals surface area contributed by atoms with Crippen molar-refractivity contribution < 1.29 is 9.18 Å². The van der Waals surface area contributed by atoms with Crippen molar-refractivity contribution in [1.82, 2.24) is 14.9 Å². The Labute approximate surface area is 180 Å². The summed E-state index contributed by atoms with van der Waals surface area (Å²) in [6.07, 6.45) is 0.118. The third kappa shape index (κ3) is 3.34. The molecule has 0 radical (unpaired) electrons. The van der Waals surface area contributed by atoms with Gasteiger partial charge in [-0.1, -0.05) is 12.1 Å². The number of nitrogens with one attached hydrogen (secondary N) is 1. The van der Waals surface area contributed by atoms with Crippen molar-refractivity contribution in [2.75, 3.05) is 38.1 Å². The van der Waals surface area contributed by atoms with Gasteiger partial charge in [0, 0.05) is 43.9 Å². The Balaban J connectivity index is 0.00000218. The number of H-pyrrole nitrogens is 1. The van der Waals surface area contributed by atoms with E-state index in [-0.39, 0.29) is 35.9 Å². The van der Waals surface area contributed by atoms with E-state index in [0.717, 1.165) is 42.9 Å². The smallest absolute Gasteiger partial charge is 0.173 e. The van der Waals surface area contributed by atoms with Crippen molar-refractivity contribution in [2.45, 2.75) is 6.42 Å². The lowest BCUT2D eigenvalue weighted by Gasteiger charge is -2.34. The first-order valence-corrected chi connectivity index (χ1v) is 9.75. The number of hydrogen-bond donors (Lipinski definition) is 2. The number of aromatic nitrogens is 2. The quantitative estimate of drug-likeness (QED) is 0.657. The fourth-order valence-electron chi connectivity index (χ4n) is 4.19. The van der Waals surface area contributed by atoms with Crippen molar-refractivity contribution in [3.05, 3.63) is 59.2 Å². The summed E-state index contributed by atoms with van der Waals surface area (Å²) in [4.78, 5) is 25.2. The maximum absolute atomic E-state index is 14.4. The molecule has 156 valence electrons. The van der Waals surface area contributed by atoms with Crippen LogP contribution < -0.4 is 10.6 Å². The molecule has 3 N–H and O–H groups in total. The van der Waals surface area contributed by atoms with E-state index in [1.54, 1.807) is 12.1 Å². The van der Waals surface area contributed by atoms with Crippen molar-refractivity contribution in [1.29, 1.82) is 0 Å². The van der Waals surface area contributed by atoms with Gasteiger partial charge >= 0.3 is 0 Å². The van der Waals surface area contributed by atoms with Crippen LogP contribution in [0.5, 0.6) is 0 Å². The number of fused-ring (bicyclic) bond motifs is 2. The average molecular weight is 428 g/mol. The molecule has 3 aromatic rings. The SMILES string of the molecule is CN1CCN(c2ccc3nc(C4=C(N)c5c(F)cccc5CC4=O)[nH]c3c2)CC1.Cl. The lowest BCUT2D eigenvalue weighted by atomic mass is 9.88. The van der Waals surface area contributed by atoms with E-state index in [1.807, 2.05) is 12.1 Å². The van der Waals surface area contributed by atoms with Gasteiger partial charge in [0.05, 0.1) is 22.3 Å². The van der Waals surface area contributed by atoms with Gasteiger partial charge < -0.3 is 20.5 Å². The highest BCUT2D eigenvalue weighted by Crippen LogP contribution is 2.33. The third-order valence-electron chi connectivity index (χ3n) is 5.84. The Morgan fingerprint density at radius 1 is 1.13 bits per heavy atom. The van der Waals surface area contributed by atoms with Gasteiger partial charge in [-0.15, -0.1) is 12.4 Å². The molecule has 2 aromatic carbocycles. The number of ketones is 1. The van der Waals surface area contributed by atoms with E-state index in [4.69, 9.17) is 5.73 Å². The number of likely N-dealkylation sites (N-methyl/N-ethyl adjacent to an activating group) is 1. The van der Waals surface area contributed by atoms with Crippen LogP contribution in [0.15, 0.2) is 36.4 Å². The first-order valence-electron chi connectivity index (χ1n) is 9.75. The normalized spacial score (nSPS) is 17.3. The Kier molecular flexibility index (Phi) is 5.26. The summed E-state index contributed by atoms with van der Waals surface area (Å²) in [5.41, 5.74) is 10.3. The number of halogens is 2. The number of anilines is 1. The van der Waals surface area contributed by atoms with Crippen LogP contribution in [0.2, 0.25) is 0 Å². The molecular formula is C22H23ClFN5O. The number of hydrogen-bond acceptors (Lipinski definition) is 5. The molecule has 0 amide bonds. The number of piperazine rings is 1. The van der Waals surface area contributed by atoms with Gasteiger partial charge in [0.1, 0.15) is 11.6 Å². The van der Waals surface area contributed by atoms with Crippen LogP contribution in [0, 0.1) is 5.82 Å². The van der Waals surface area contributed by atoms with E-state index in [2.05, 4.69) is 32.9 Å². The molecule has 1 aromatic heterocycles. The van der Waals surface area contributed by atoms with Crippen molar-refractivity contribution in [2.24, 2.45) is 5.73 Å². The van der Waals surface area contributed by atoms with Gasteiger partial charge in [0.15, 0.2) is 5.78 Å². The average Bonchev–Trinajstić information content (AvgIpc) is 3.11. The molecule has 0 saturated carbocycles. The molecule has 1 fully saturated rings. The van der Waals surface area contributed by atoms with E-state index in [1.165, 1.54) is 6.07 Å². The Morgan fingerprint density at radius 3 is 2.67 bits per heavy atom. The summed E-state index contributed by atoms with van der Waals surface area (Å²) < 4.78 is 14.4. The monoisotopic (exact) mass is 427 g/mol. The maximum atomic E-state index is 14.4. The minimum absolute atomic E-state index is 0. The summed E-state index contributed by atoms with van der Waals surface area (Å²) in [5.74, 6) is -0.177. The molecule has 0 unspecified atom stereocenters. The number of carbonyl (C=O) groups is 1. The Hall–Kier alpha value is -2.90. The zero-order valence-corrected chi connectivity index (χ0v) is 17.4. The largest absolute Gasteiger partial charge is 0.397 e. The predicted molar refractivity (Wildman–Crippen MR) is 119 cm³/mol. The van der Waals surface area contributed by atoms with Gasteiger partial charge in [0.25, 0.3) is 0 Å². The number of nitrogens with two attached hydrogens (primary N) is 1. The Morgan fingerprint density at radius 2 is 1.90 bits per heavy atom. The van der Waals surface area contributed by atoms with Crippen LogP contribution in [0.25, 0.3) is 22.3 Å². The van der Waals surface area contributed by atoms with Crippen LogP contribution in [0.1, 0.15) is 17.0 Å². The van der Waals surface area contributed by atoms with Crippen LogP contribution >= 0.6 is 12.4 Å². The molecule has 1 aliphatic heterocycles. The van der Waals surface area contributed by atoms with E-state index in [9.17, 15) is 9.18 Å². The van der Waals surface area contributed by atoms with Crippen molar-refractivity contribution >= 4 is 46.2 Å². The number of rotatable bonds is 2. The number of aromatic amines is 1. The molecule has 8 heteroatoms. The minimum atomic E-state index is -0.418. The second-order valence-corrected chi connectivity index (χ2v) is 7.74. The third-order valence-corrected chi connectivity index (χ3v) is 5.84. The van der Waals surface area contributed by atoms with Crippen LogP contribution in [0.4, 0.5) is 10.1 Å². The summed E-state index contributed by atoms with van der Waals surface area (Å²) in [6, 6.07) is 10.7. The second kappa shape index (κ2) is 7.74. The van der Waals surface area contributed by atoms with Gasteiger partial charge in [-0.25, -0.2) is 9.37 Å². The highest BCUT2D eigenvalue weighted by atomic mass is 35.5. The summed E-state index contributed by atoms with van der Waals surface area (Å²) >= 11 is 0. The molecule has 0 spiro atoms. The zero-order valence-electron chi connectivity index (χ0n) is 16.6. The predicted octanol–water partition coefficient (Wildman–Crippen LogP) is 2.83. The minimum Gasteiger partial charge on any atom is -0.397 e. The molecule has 30 heavy (non-hydrogen) atoms. The lowest BCUT2D eigenvalue weighted by molar-refractivity contribution is -0.113. The number of benzene rings is 2. The van der Waals surface area contributed by atoms with Gasteiger partial charge in [-0.3, -0.25) is 4.79 Å². The van der Waals surface area contributed by atoms with E-state index < -0.39 is 5.82 Å². The zero-order chi connectivity index (χ0) is 20.1. The summed E-state index contributed by atoms with van der Waals surface area (Å²) in [5, 5.41) is 0. The topological polar surface area (TPSA) is 78.2 Å². The van der Waals surface area contributed by atoms with Crippen molar-refractivity contribution in [3.63, 3.8) is 0 Å². The highest BCUT2D eigenvalue weighted by molar-refractivity contribution is 6.29. The number of carbonyl (C=O) groups excluding carboxylic acids is 1. The fraction of sp³-hybridized carbons (Fsp3) is 0.273. The number of allylic oxidation sites excluding steroid dienone is 1. The fourth-order valence-corrected chi connectivity index (χ4v) is 4.19. The van der Waals surface area contributed by atoms with Crippen LogP contribution in [-0.4, -0.2) is 53.9 Å². The Bertz CT molecular complexity index is 1160. The molecule has 1 aliphatic carbocycles. The number of imidazole rings is 1. The van der Waals surface area contributed by atoms with Gasteiger partial charge in [-0.2, -0.15) is 0 Å². The van der Waals surface area contributed by atoms with Gasteiger partial charge in [-0.05, 0) is 36.9 Å².